The Balaban J connectivity index is 1.35. The summed E-state index contributed by atoms with van der Waals surface area (Å²) < 4.78 is 32.4. The van der Waals surface area contributed by atoms with Crippen LogP contribution in [-0.2, 0) is 4.74 Å². The topological polar surface area (TPSA) is 31.0 Å². The summed E-state index contributed by atoms with van der Waals surface area (Å²) in [6, 6.07) is 13.1. The first-order valence-electron chi connectivity index (χ1n) is 11.2. The minimum absolute atomic E-state index is 0.0544. The number of piperazine rings is 1. The molecule has 0 radical (unpaired) electrons. The molecule has 0 amide bonds. The summed E-state index contributed by atoms with van der Waals surface area (Å²) in [5.74, 6) is -0.519. The molecule has 2 aromatic carbocycles. The number of morpholine rings is 1. The summed E-state index contributed by atoms with van der Waals surface area (Å²) in [6.45, 7) is 8.57. The number of rotatable bonds is 6. The predicted octanol–water partition coefficient (Wildman–Crippen LogP) is 2.88. The van der Waals surface area contributed by atoms with Crippen molar-refractivity contribution in [3.63, 3.8) is 0 Å². The molecule has 2 aromatic rings. The van der Waals surface area contributed by atoms with Crippen LogP contribution in [0.3, 0.4) is 0 Å². The molecule has 2 aliphatic heterocycles. The lowest BCUT2D eigenvalue weighted by Crippen LogP contribution is -2.53. The SMILES string of the molecule is Fc1ccc(C(c2ccc(F)cc2)N2CCN(C(=S)NCCN3CCOCC3)CC2)cc1. The van der Waals surface area contributed by atoms with Crippen molar-refractivity contribution >= 4 is 17.3 Å². The minimum Gasteiger partial charge on any atom is -0.379 e. The van der Waals surface area contributed by atoms with Crippen molar-refractivity contribution in [2.45, 2.75) is 6.04 Å². The fourth-order valence-corrected chi connectivity index (χ4v) is 4.63. The van der Waals surface area contributed by atoms with Gasteiger partial charge in [-0.05, 0) is 47.6 Å². The van der Waals surface area contributed by atoms with E-state index in [1.54, 1.807) is 0 Å². The third-order valence-corrected chi connectivity index (χ3v) is 6.55. The van der Waals surface area contributed by atoms with Crippen molar-refractivity contribution in [1.82, 2.24) is 20.0 Å². The average molecular weight is 461 g/mol. The van der Waals surface area contributed by atoms with E-state index in [1.165, 1.54) is 24.3 Å². The summed E-state index contributed by atoms with van der Waals surface area (Å²) >= 11 is 5.63. The Hall–Kier alpha value is -2.13. The van der Waals surface area contributed by atoms with Gasteiger partial charge in [-0.25, -0.2) is 8.78 Å². The second-order valence-corrected chi connectivity index (χ2v) is 8.60. The van der Waals surface area contributed by atoms with Crippen LogP contribution in [0, 0.1) is 11.6 Å². The van der Waals surface area contributed by atoms with Crippen LogP contribution in [-0.4, -0.2) is 85.4 Å². The highest BCUT2D eigenvalue weighted by molar-refractivity contribution is 7.80. The van der Waals surface area contributed by atoms with E-state index in [0.717, 1.165) is 81.8 Å². The van der Waals surface area contributed by atoms with Crippen LogP contribution in [0.5, 0.6) is 0 Å². The summed E-state index contributed by atoms with van der Waals surface area (Å²) in [6.07, 6.45) is 0. The van der Waals surface area contributed by atoms with E-state index in [4.69, 9.17) is 17.0 Å². The summed E-state index contributed by atoms with van der Waals surface area (Å²) in [5.41, 5.74) is 2.00. The van der Waals surface area contributed by atoms with Gasteiger partial charge in [0.1, 0.15) is 11.6 Å². The Kier molecular flexibility index (Phi) is 8.02. The maximum absolute atomic E-state index is 13.5. The van der Waals surface area contributed by atoms with Gasteiger partial charge in [0, 0.05) is 52.4 Å². The van der Waals surface area contributed by atoms with Crippen molar-refractivity contribution in [3.05, 3.63) is 71.3 Å². The average Bonchev–Trinajstić information content (AvgIpc) is 2.83. The van der Waals surface area contributed by atoms with Gasteiger partial charge < -0.3 is 15.0 Å². The first-order chi connectivity index (χ1) is 15.6. The molecule has 32 heavy (non-hydrogen) atoms. The van der Waals surface area contributed by atoms with E-state index < -0.39 is 0 Å². The van der Waals surface area contributed by atoms with Crippen LogP contribution in [0.2, 0.25) is 0 Å². The standard InChI is InChI=1S/C24H30F2N4OS/c25-21-5-1-19(2-6-21)23(20-3-7-22(26)8-4-20)29-11-13-30(14-12-29)24(32)27-9-10-28-15-17-31-18-16-28/h1-8,23H,9-18H2,(H,27,32). The number of ether oxygens (including phenoxy) is 1. The van der Waals surface area contributed by atoms with Gasteiger partial charge in [0.05, 0.1) is 19.3 Å². The molecule has 5 nitrogen and oxygen atoms in total. The van der Waals surface area contributed by atoms with E-state index in [1.807, 2.05) is 24.3 Å². The highest BCUT2D eigenvalue weighted by Gasteiger charge is 2.27. The normalized spacial score (nSPS) is 18.2. The first-order valence-corrected chi connectivity index (χ1v) is 11.6. The molecule has 0 aromatic heterocycles. The molecule has 0 saturated carbocycles. The van der Waals surface area contributed by atoms with E-state index in [2.05, 4.69) is 20.0 Å². The molecule has 2 fully saturated rings. The third-order valence-electron chi connectivity index (χ3n) is 6.15. The predicted molar refractivity (Wildman–Crippen MR) is 126 cm³/mol. The van der Waals surface area contributed by atoms with Crippen molar-refractivity contribution in [1.29, 1.82) is 0 Å². The van der Waals surface area contributed by atoms with Gasteiger partial charge in [0.2, 0.25) is 0 Å². The smallest absolute Gasteiger partial charge is 0.169 e. The number of hydrogen-bond acceptors (Lipinski definition) is 4. The minimum atomic E-state index is -0.259. The zero-order valence-electron chi connectivity index (χ0n) is 18.2. The molecule has 0 aliphatic carbocycles. The third kappa shape index (κ3) is 6.01. The highest BCUT2D eigenvalue weighted by Crippen LogP contribution is 2.30. The summed E-state index contributed by atoms with van der Waals surface area (Å²) in [7, 11) is 0. The monoisotopic (exact) mass is 460 g/mol. The van der Waals surface area contributed by atoms with Crippen LogP contribution in [0.25, 0.3) is 0 Å². The Morgan fingerprint density at radius 3 is 1.91 bits per heavy atom. The molecule has 2 heterocycles. The molecule has 172 valence electrons. The molecule has 0 bridgehead atoms. The maximum atomic E-state index is 13.5. The number of hydrogen-bond donors (Lipinski definition) is 1. The van der Waals surface area contributed by atoms with Gasteiger partial charge >= 0.3 is 0 Å². The van der Waals surface area contributed by atoms with Gasteiger partial charge in [-0.1, -0.05) is 24.3 Å². The van der Waals surface area contributed by atoms with Gasteiger partial charge in [-0.2, -0.15) is 0 Å². The second-order valence-electron chi connectivity index (χ2n) is 8.21. The van der Waals surface area contributed by atoms with Crippen LogP contribution in [0.15, 0.2) is 48.5 Å². The van der Waals surface area contributed by atoms with Crippen LogP contribution in [0.1, 0.15) is 17.2 Å². The number of nitrogens with zero attached hydrogens (tertiary/aromatic N) is 3. The van der Waals surface area contributed by atoms with Crippen molar-refractivity contribution in [3.8, 4) is 0 Å². The molecule has 0 atom stereocenters. The van der Waals surface area contributed by atoms with Gasteiger partial charge in [0.15, 0.2) is 5.11 Å². The molecule has 0 unspecified atom stereocenters. The first kappa shape index (κ1) is 23.0. The van der Waals surface area contributed by atoms with Crippen LogP contribution in [0.4, 0.5) is 8.78 Å². The lowest BCUT2D eigenvalue weighted by molar-refractivity contribution is 0.0388. The molecule has 4 rings (SSSR count). The molecule has 1 N–H and O–H groups in total. The molecule has 2 saturated heterocycles. The van der Waals surface area contributed by atoms with Crippen molar-refractivity contribution in [2.24, 2.45) is 0 Å². The maximum Gasteiger partial charge on any atom is 0.169 e. The highest BCUT2D eigenvalue weighted by atomic mass is 32.1. The lowest BCUT2D eigenvalue weighted by Gasteiger charge is -2.40. The Morgan fingerprint density at radius 2 is 1.38 bits per heavy atom. The zero-order valence-corrected chi connectivity index (χ0v) is 19.0. The number of nitrogens with one attached hydrogen (secondary N) is 1. The fraction of sp³-hybridized carbons (Fsp3) is 0.458. The van der Waals surface area contributed by atoms with E-state index in [0.29, 0.717) is 0 Å². The zero-order chi connectivity index (χ0) is 22.3. The Labute approximate surface area is 193 Å². The fourth-order valence-electron chi connectivity index (χ4n) is 4.34. The summed E-state index contributed by atoms with van der Waals surface area (Å²) in [4.78, 5) is 6.94. The van der Waals surface area contributed by atoms with E-state index in [9.17, 15) is 8.78 Å². The number of halogens is 2. The molecule has 2 aliphatic rings. The quantitative estimate of drug-likeness (QED) is 0.668. The second kappa shape index (κ2) is 11.1. The van der Waals surface area contributed by atoms with Crippen molar-refractivity contribution in [2.75, 3.05) is 65.6 Å². The molecule has 8 heteroatoms. The van der Waals surface area contributed by atoms with Gasteiger partial charge in [0.25, 0.3) is 0 Å². The van der Waals surface area contributed by atoms with Crippen LogP contribution >= 0.6 is 12.2 Å². The van der Waals surface area contributed by atoms with Gasteiger partial charge in [-0.3, -0.25) is 9.80 Å². The summed E-state index contributed by atoms with van der Waals surface area (Å²) in [5, 5.41) is 4.18. The molecular formula is C24H30F2N4OS. The Morgan fingerprint density at radius 1 is 0.844 bits per heavy atom. The largest absolute Gasteiger partial charge is 0.379 e. The lowest BCUT2D eigenvalue weighted by atomic mass is 9.96. The van der Waals surface area contributed by atoms with Crippen LogP contribution < -0.4 is 5.32 Å². The Bertz CT molecular complexity index is 821. The molecular weight excluding hydrogens is 430 g/mol. The van der Waals surface area contributed by atoms with E-state index >= 15 is 0 Å². The number of benzene rings is 2. The van der Waals surface area contributed by atoms with E-state index in [-0.39, 0.29) is 17.7 Å². The number of thiocarbonyl (C=S) groups is 1. The van der Waals surface area contributed by atoms with Crippen molar-refractivity contribution < 1.29 is 13.5 Å². The van der Waals surface area contributed by atoms with Gasteiger partial charge in [-0.15, -0.1) is 0 Å². The molecule has 0 spiro atoms.